The maximum absolute atomic E-state index is 11.6. The largest absolute Gasteiger partial charge is 0.515 e. The molecule has 2 rings (SSSR count). The Kier molecular flexibility index (Phi) is 2.38. The summed E-state index contributed by atoms with van der Waals surface area (Å²) < 4.78 is 0. The average molecular weight is 194 g/mol. The topological polar surface area (TPSA) is 37.3 Å². The minimum Gasteiger partial charge on any atom is -0.515 e. The molecular formula is C12H18O2. The molecule has 2 aliphatic carbocycles. The van der Waals surface area contributed by atoms with Gasteiger partial charge in [0, 0.05) is 12.0 Å². The number of rotatable bonds is 0. The lowest BCUT2D eigenvalue weighted by Gasteiger charge is -2.45. The van der Waals surface area contributed by atoms with E-state index in [1.165, 1.54) is 25.7 Å². The molecule has 0 bridgehead atoms. The molecule has 0 aromatic carbocycles. The van der Waals surface area contributed by atoms with Gasteiger partial charge in [-0.15, -0.1) is 0 Å². The molecule has 1 N–H and O–H groups in total. The van der Waals surface area contributed by atoms with E-state index in [9.17, 15) is 4.79 Å². The summed E-state index contributed by atoms with van der Waals surface area (Å²) in [5.74, 6) is 0.726. The van der Waals surface area contributed by atoms with E-state index in [1.54, 1.807) is 0 Å². The number of carbonyl (C=O) groups excluding carboxylic acids is 1. The van der Waals surface area contributed by atoms with Gasteiger partial charge in [-0.3, -0.25) is 4.79 Å². The molecule has 14 heavy (non-hydrogen) atoms. The standard InChI is InChI=1S/C12H18O2/c1-12-5-3-2-4-10(12)6-11(14)9(7-12)8-13/h8,10,13H,2-7H2,1H3. The van der Waals surface area contributed by atoms with Gasteiger partial charge in [0.25, 0.3) is 0 Å². The van der Waals surface area contributed by atoms with Crippen LogP contribution in [-0.4, -0.2) is 10.9 Å². The van der Waals surface area contributed by atoms with Crippen molar-refractivity contribution in [1.29, 1.82) is 0 Å². The van der Waals surface area contributed by atoms with Crippen LogP contribution in [0.15, 0.2) is 11.8 Å². The Labute approximate surface area is 85.0 Å². The molecule has 2 unspecified atom stereocenters. The highest BCUT2D eigenvalue weighted by Gasteiger charge is 2.42. The van der Waals surface area contributed by atoms with Crippen molar-refractivity contribution < 1.29 is 9.90 Å². The van der Waals surface area contributed by atoms with Crippen molar-refractivity contribution in [3.05, 3.63) is 11.8 Å². The van der Waals surface area contributed by atoms with Crippen LogP contribution in [-0.2, 0) is 4.79 Å². The third kappa shape index (κ3) is 1.47. The zero-order valence-electron chi connectivity index (χ0n) is 8.75. The number of Topliss-reactive ketones (excluding diaryl/α,β-unsaturated/α-hetero) is 1. The summed E-state index contributed by atoms with van der Waals surface area (Å²) in [6, 6.07) is 0. The molecule has 2 nitrogen and oxygen atoms in total. The Bertz CT molecular complexity index is 280. The van der Waals surface area contributed by atoms with Crippen molar-refractivity contribution in [1.82, 2.24) is 0 Å². The molecule has 0 amide bonds. The van der Waals surface area contributed by atoms with Crippen LogP contribution in [0.25, 0.3) is 0 Å². The van der Waals surface area contributed by atoms with E-state index in [2.05, 4.69) is 6.92 Å². The van der Waals surface area contributed by atoms with E-state index >= 15 is 0 Å². The smallest absolute Gasteiger partial charge is 0.162 e. The van der Waals surface area contributed by atoms with Gasteiger partial charge in [-0.2, -0.15) is 0 Å². The number of carbonyl (C=O) groups is 1. The minimum atomic E-state index is 0.164. The second-order valence-electron chi connectivity index (χ2n) is 5.06. The van der Waals surface area contributed by atoms with Gasteiger partial charge < -0.3 is 5.11 Å². The zero-order chi connectivity index (χ0) is 10.2. The molecule has 2 heteroatoms. The van der Waals surface area contributed by atoms with E-state index < -0.39 is 0 Å². The Morgan fingerprint density at radius 2 is 2.29 bits per heavy atom. The van der Waals surface area contributed by atoms with Gasteiger partial charge in [-0.25, -0.2) is 0 Å². The SMILES string of the molecule is CC12CCCCC1CC(=O)C(=CO)C2. The molecule has 78 valence electrons. The van der Waals surface area contributed by atoms with Crippen LogP contribution in [0.5, 0.6) is 0 Å². The summed E-state index contributed by atoms with van der Waals surface area (Å²) in [7, 11) is 0. The fourth-order valence-corrected chi connectivity index (χ4v) is 3.06. The molecule has 2 fully saturated rings. The Balaban J connectivity index is 2.21. The maximum atomic E-state index is 11.6. The highest BCUT2D eigenvalue weighted by atomic mass is 16.2. The molecule has 2 saturated carbocycles. The fourth-order valence-electron chi connectivity index (χ4n) is 3.06. The summed E-state index contributed by atoms with van der Waals surface area (Å²) in [5.41, 5.74) is 0.923. The molecule has 0 spiro atoms. The summed E-state index contributed by atoms with van der Waals surface area (Å²) >= 11 is 0. The van der Waals surface area contributed by atoms with Crippen LogP contribution in [0.1, 0.15) is 45.4 Å². The summed E-state index contributed by atoms with van der Waals surface area (Å²) in [6.07, 6.45) is 7.42. The number of hydrogen-bond donors (Lipinski definition) is 1. The van der Waals surface area contributed by atoms with Gasteiger partial charge in [0.1, 0.15) is 0 Å². The minimum absolute atomic E-state index is 0.164. The lowest BCUT2D eigenvalue weighted by molar-refractivity contribution is -0.121. The van der Waals surface area contributed by atoms with Gasteiger partial charge >= 0.3 is 0 Å². The monoisotopic (exact) mass is 194 g/mol. The van der Waals surface area contributed by atoms with E-state index in [0.717, 1.165) is 12.7 Å². The number of aliphatic hydroxyl groups is 1. The summed E-state index contributed by atoms with van der Waals surface area (Å²) in [5, 5.41) is 8.98. The number of fused-ring (bicyclic) bond motifs is 1. The first-order chi connectivity index (χ1) is 6.65. The predicted molar refractivity (Wildman–Crippen MR) is 55.0 cm³/mol. The number of hydrogen-bond acceptors (Lipinski definition) is 2. The van der Waals surface area contributed by atoms with Crippen molar-refractivity contribution in [2.24, 2.45) is 11.3 Å². The van der Waals surface area contributed by atoms with E-state index in [1.807, 2.05) is 0 Å². The van der Waals surface area contributed by atoms with Crippen LogP contribution in [0.3, 0.4) is 0 Å². The second kappa shape index (κ2) is 3.41. The van der Waals surface area contributed by atoms with E-state index in [-0.39, 0.29) is 11.2 Å². The van der Waals surface area contributed by atoms with Crippen LogP contribution < -0.4 is 0 Å². The van der Waals surface area contributed by atoms with E-state index in [4.69, 9.17) is 5.11 Å². The molecule has 0 aromatic rings. The Morgan fingerprint density at radius 3 is 3.00 bits per heavy atom. The first kappa shape index (κ1) is 9.75. The average Bonchev–Trinajstić information content (AvgIpc) is 2.18. The van der Waals surface area contributed by atoms with Gasteiger partial charge in [0.05, 0.1) is 6.26 Å². The number of allylic oxidation sites excluding steroid dienone is 1. The lowest BCUT2D eigenvalue weighted by Crippen LogP contribution is -2.38. The van der Waals surface area contributed by atoms with Crippen LogP contribution >= 0.6 is 0 Å². The van der Waals surface area contributed by atoms with Crippen LogP contribution in [0, 0.1) is 11.3 Å². The van der Waals surface area contributed by atoms with Crippen molar-refractivity contribution in [3.63, 3.8) is 0 Å². The first-order valence-corrected chi connectivity index (χ1v) is 5.52. The van der Waals surface area contributed by atoms with Crippen molar-refractivity contribution in [2.75, 3.05) is 0 Å². The molecule has 0 heterocycles. The van der Waals surface area contributed by atoms with Gasteiger partial charge in [0.15, 0.2) is 5.78 Å². The maximum Gasteiger partial charge on any atom is 0.162 e. The molecule has 2 atom stereocenters. The summed E-state index contributed by atoms with van der Waals surface area (Å²) in [4.78, 5) is 11.6. The molecule has 0 aliphatic heterocycles. The molecule has 0 radical (unpaired) electrons. The Hall–Kier alpha value is -0.790. The number of ketones is 1. The first-order valence-electron chi connectivity index (χ1n) is 5.52. The predicted octanol–water partition coefficient (Wildman–Crippen LogP) is 2.99. The van der Waals surface area contributed by atoms with Crippen LogP contribution in [0.2, 0.25) is 0 Å². The van der Waals surface area contributed by atoms with Crippen LogP contribution in [0.4, 0.5) is 0 Å². The zero-order valence-corrected chi connectivity index (χ0v) is 8.75. The van der Waals surface area contributed by atoms with E-state index in [0.29, 0.717) is 17.9 Å². The highest BCUT2D eigenvalue weighted by molar-refractivity contribution is 5.96. The molecule has 0 saturated heterocycles. The second-order valence-corrected chi connectivity index (χ2v) is 5.06. The van der Waals surface area contributed by atoms with Crippen molar-refractivity contribution >= 4 is 5.78 Å². The van der Waals surface area contributed by atoms with Gasteiger partial charge in [0.2, 0.25) is 0 Å². The molecule has 0 aromatic heterocycles. The third-order valence-corrected chi connectivity index (χ3v) is 4.08. The Morgan fingerprint density at radius 1 is 1.50 bits per heavy atom. The summed E-state index contributed by atoms with van der Waals surface area (Å²) in [6.45, 7) is 2.27. The molecule has 2 aliphatic rings. The molecular weight excluding hydrogens is 176 g/mol. The number of aliphatic hydroxyl groups excluding tert-OH is 1. The fraction of sp³-hybridized carbons (Fsp3) is 0.750. The van der Waals surface area contributed by atoms with Crippen molar-refractivity contribution in [3.8, 4) is 0 Å². The normalized spacial score (nSPS) is 41.1. The van der Waals surface area contributed by atoms with Gasteiger partial charge in [-0.05, 0) is 30.6 Å². The lowest BCUT2D eigenvalue weighted by atomic mass is 9.59. The highest BCUT2D eigenvalue weighted by Crippen LogP contribution is 2.50. The third-order valence-electron chi connectivity index (χ3n) is 4.08. The quantitative estimate of drug-likeness (QED) is 0.475. The van der Waals surface area contributed by atoms with Crippen molar-refractivity contribution in [2.45, 2.75) is 45.4 Å². The van der Waals surface area contributed by atoms with Gasteiger partial charge in [-0.1, -0.05) is 19.8 Å².